The predicted molar refractivity (Wildman–Crippen MR) is 89.5 cm³/mol. The average Bonchev–Trinajstić information content (AvgIpc) is 2.45. The molecule has 0 aliphatic carbocycles. The molecule has 1 aromatic rings. The molecule has 0 aliphatic rings. The van der Waals surface area contributed by atoms with Crippen LogP contribution in [0.2, 0.25) is 0 Å². The van der Waals surface area contributed by atoms with Gasteiger partial charge in [-0.05, 0) is 35.6 Å². The Balaban J connectivity index is 2.82. The van der Waals surface area contributed by atoms with Crippen molar-refractivity contribution in [2.75, 3.05) is 5.75 Å². The lowest BCUT2D eigenvalue weighted by Crippen LogP contribution is -2.07. The number of para-hydroxylation sites is 1. The number of thioether (sulfide) groups is 1. The van der Waals surface area contributed by atoms with Gasteiger partial charge >= 0.3 is 0 Å². The number of nitrogens with zero attached hydrogens (tertiary/aromatic N) is 1. The molecule has 0 fully saturated rings. The molecule has 0 aliphatic heterocycles. The quantitative estimate of drug-likeness (QED) is 0.293. The first-order valence-electron chi connectivity index (χ1n) is 6.12. The van der Waals surface area contributed by atoms with Gasteiger partial charge < -0.3 is 4.74 Å². The summed E-state index contributed by atoms with van der Waals surface area (Å²) in [4.78, 5) is 15.3. The maximum absolute atomic E-state index is 11.6. The summed E-state index contributed by atoms with van der Waals surface area (Å²) in [7, 11) is 0. The monoisotopic (exact) mass is 322 g/mol. The number of aliphatic imine (C=N–C) groups is 1. The number of carbonyl (C=O) groups excluding carboxylic acids is 1. The van der Waals surface area contributed by atoms with Gasteiger partial charge in [-0.1, -0.05) is 43.5 Å². The SMILES string of the molecule is C=C(/C=C/C(=NC(=N)Cl)Oc1ccccc1)C(=O)SCC. The van der Waals surface area contributed by atoms with Crippen molar-refractivity contribution in [3.63, 3.8) is 0 Å². The molecule has 0 amide bonds. The smallest absolute Gasteiger partial charge is 0.221 e. The van der Waals surface area contributed by atoms with E-state index in [0.29, 0.717) is 17.1 Å². The molecule has 4 nitrogen and oxygen atoms in total. The van der Waals surface area contributed by atoms with Gasteiger partial charge in [-0.25, -0.2) is 0 Å². The Morgan fingerprint density at radius 2 is 2.10 bits per heavy atom. The van der Waals surface area contributed by atoms with Crippen LogP contribution in [0.1, 0.15) is 6.92 Å². The molecule has 0 bridgehead atoms. The molecule has 21 heavy (non-hydrogen) atoms. The molecule has 0 atom stereocenters. The minimum absolute atomic E-state index is 0.108. The second-order valence-corrected chi connectivity index (χ2v) is 5.33. The minimum atomic E-state index is -0.412. The van der Waals surface area contributed by atoms with Gasteiger partial charge in [0.05, 0.1) is 0 Å². The number of carbonyl (C=O) groups is 1. The summed E-state index contributed by atoms with van der Waals surface area (Å²) < 4.78 is 5.49. The van der Waals surface area contributed by atoms with Crippen molar-refractivity contribution < 1.29 is 9.53 Å². The van der Waals surface area contributed by atoms with E-state index in [0.717, 1.165) is 0 Å². The van der Waals surface area contributed by atoms with Crippen molar-refractivity contribution >= 4 is 39.7 Å². The van der Waals surface area contributed by atoms with Crippen molar-refractivity contribution in [1.29, 1.82) is 5.41 Å². The highest BCUT2D eigenvalue weighted by molar-refractivity contribution is 8.14. The lowest BCUT2D eigenvalue weighted by atomic mass is 10.3. The first kappa shape index (κ1) is 17.2. The van der Waals surface area contributed by atoms with Crippen LogP contribution >= 0.6 is 23.4 Å². The Kier molecular flexibility index (Phi) is 7.50. The van der Waals surface area contributed by atoms with Crippen LogP contribution in [0.5, 0.6) is 5.75 Å². The largest absolute Gasteiger partial charge is 0.439 e. The van der Waals surface area contributed by atoms with E-state index in [1.54, 1.807) is 12.1 Å². The maximum atomic E-state index is 11.6. The number of hydrogen-bond donors (Lipinski definition) is 1. The number of allylic oxidation sites excluding steroid dienone is 1. The summed E-state index contributed by atoms with van der Waals surface area (Å²) in [6.07, 6.45) is 2.95. The van der Waals surface area contributed by atoms with Crippen LogP contribution in [-0.4, -0.2) is 22.1 Å². The zero-order chi connectivity index (χ0) is 15.7. The molecule has 6 heteroatoms. The van der Waals surface area contributed by atoms with Crippen LogP contribution in [0.4, 0.5) is 0 Å². The van der Waals surface area contributed by atoms with Gasteiger partial charge in [0, 0.05) is 11.6 Å². The van der Waals surface area contributed by atoms with Crippen LogP contribution in [0.15, 0.2) is 59.6 Å². The molecule has 110 valence electrons. The van der Waals surface area contributed by atoms with Crippen LogP contribution in [0.3, 0.4) is 0 Å². The first-order valence-corrected chi connectivity index (χ1v) is 7.49. The van der Waals surface area contributed by atoms with E-state index in [-0.39, 0.29) is 11.0 Å². The Hall–Kier alpha value is -1.85. The van der Waals surface area contributed by atoms with Gasteiger partial charge in [0.25, 0.3) is 0 Å². The van der Waals surface area contributed by atoms with E-state index in [1.807, 2.05) is 25.1 Å². The zero-order valence-corrected chi connectivity index (χ0v) is 13.1. The number of rotatable bonds is 5. The maximum Gasteiger partial charge on any atom is 0.221 e. The van der Waals surface area contributed by atoms with Crippen molar-refractivity contribution in [1.82, 2.24) is 0 Å². The highest BCUT2D eigenvalue weighted by Gasteiger charge is 2.05. The predicted octanol–water partition coefficient (Wildman–Crippen LogP) is 4.03. The molecule has 1 aromatic carbocycles. The van der Waals surface area contributed by atoms with Crippen molar-refractivity contribution in [2.45, 2.75) is 6.92 Å². The fourth-order valence-corrected chi connectivity index (χ4v) is 1.86. The summed E-state index contributed by atoms with van der Waals surface area (Å²) in [5.74, 6) is 1.34. The van der Waals surface area contributed by atoms with E-state index in [2.05, 4.69) is 11.6 Å². The molecule has 1 rings (SSSR count). The lowest BCUT2D eigenvalue weighted by molar-refractivity contribution is -0.107. The highest BCUT2D eigenvalue weighted by Crippen LogP contribution is 2.12. The first-order chi connectivity index (χ1) is 10.0. The van der Waals surface area contributed by atoms with Gasteiger partial charge in [-0.3, -0.25) is 10.2 Å². The average molecular weight is 323 g/mol. The fraction of sp³-hybridized carbons (Fsp3) is 0.133. The molecular formula is C15H15ClN2O2S. The molecule has 0 saturated carbocycles. The Bertz CT molecular complexity index is 583. The molecule has 0 heterocycles. The van der Waals surface area contributed by atoms with Gasteiger partial charge in [0.15, 0.2) is 0 Å². The zero-order valence-electron chi connectivity index (χ0n) is 11.5. The molecular weight excluding hydrogens is 308 g/mol. The lowest BCUT2D eigenvalue weighted by Gasteiger charge is -2.04. The molecule has 0 spiro atoms. The van der Waals surface area contributed by atoms with E-state index in [4.69, 9.17) is 21.7 Å². The third-order valence-electron chi connectivity index (χ3n) is 2.14. The van der Waals surface area contributed by atoms with E-state index in [1.165, 1.54) is 23.9 Å². The fourth-order valence-electron chi connectivity index (χ4n) is 1.26. The summed E-state index contributed by atoms with van der Waals surface area (Å²) in [6, 6.07) is 8.96. The Labute approximate surface area is 133 Å². The van der Waals surface area contributed by atoms with E-state index >= 15 is 0 Å². The van der Waals surface area contributed by atoms with E-state index in [9.17, 15) is 4.79 Å². The second kappa shape index (κ2) is 9.15. The number of benzene rings is 1. The Morgan fingerprint density at radius 1 is 1.43 bits per heavy atom. The van der Waals surface area contributed by atoms with Crippen LogP contribution in [0.25, 0.3) is 0 Å². The normalized spacial score (nSPS) is 11.4. The van der Waals surface area contributed by atoms with Crippen LogP contribution < -0.4 is 4.74 Å². The summed E-state index contributed by atoms with van der Waals surface area (Å²) in [5, 5.41) is 6.67. The summed E-state index contributed by atoms with van der Waals surface area (Å²) in [6.45, 7) is 5.57. The highest BCUT2D eigenvalue weighted by atomic mass is 35.5. The number of nitrogens with one attached hydrogen (secondary N) is 1. The van der Waals surface area contributed by atoms with Crippen molar-refractivity contribution in [3.05, 3.63) is 54.6 Å². The van der Waals surface area contributed by atoms with Crippen LogP contribution in [-0.2, 0) is 4.79 Å². The van der Waals surface area contributed by atoms with E-state index < -0.39 is 5.29 Å². The van der Waals surface area contributed by atoms with Gasteiger partial charge in [0.2, 0.25) is 16.3 Å². The molecule has 0 radical (unpaired) electrons. The van der Waals surface area contributed by atoms with Gasteiger partial charge in [0.1, 0.15) is 5.75 Å². The third kappa shape index (κ3) is 6.92. The minimum Gasteiger partial charge on any atom is -0.439 e. The second-order valence-electron chi connectivity index (χ2n) is 3.74. The van der Waals surface area contributed by atoms with Gasteiger partial charge in [-0.2, -0.15) is 4.99 Å². The van der Waals surface area contributed by atoms with Crippen molar-refractivity contribution in [2.24, 2.45) is 4.99 Å². The van der Waals surface area contributed by atoms with Gasteiger partial charge in [-0.15, -0.1) is 0 Å². The van der Waals surface area contributed by atoms with Crippen LogP contribution in [0, 0.1) is 5.41 Å². The molecule has 0 saturated heterocycles. The number of halogens is 1. The molecule has 0 aromatic heterocycles. The van der Waals surface area contributed by atoms with Crippen molar-refractivity contribution in [3.8, 4) is 5.75 Å². The standard InChI is InChI=1S/C15H15ClN2O2S/c1-3-21-14(19)11(2)9-10-13(18-15(16)17)20-12-7-5-4-6-8-12/h4-10,17H,2-3H2,1H3/b10-9+,17-15?,18-13?. The topological polar surface area (TPSA) is 62.5 Å². The number of amidine groups is 1. The Morgan fingerprint density at radius 3 is 2.67 bits per heavy atom. The number of ether oxygens (including phenoxy) is 1. The number of hydrogen-bond acceptors (Lipinski definition) is 4. The molecule has 1 N–H and O–H groups in total. The molecule has 0 unspecified atom stereocenters. The summed E-state index contributed by atoms with van der Waals surface area (Å²) >= 11 is 6.63. The third-order valence-corrected chi connectivity index (χ3v) is 3.04. The summed E-state index contributed by atoms with van der Waals surface area (Å²) in [5.41, 5.74) is 0.326.